The third-order valence-corrected chi connectivity index (χ3v) is 4.73. The number of sulfonamides is 1. The molecule has 9 heteroatoms. The molecular weight excluding hydrogens is 302 g/mol. The van der Waals surface area contributed by atoms with Gasteiger partial charge in [0, 0.05) is 19.8 Å². The Balaban J connectivity index is 2.60. The van der Waals surface area contributed by atoms with Crippen molar-refractivity contribution in [2.24, 2.45) is 0 Å². The van der Waals surface area contributed by atoms with Gasteiger partial charge in [-0.05, 0) is 19.1 Å². The Labute approximate surface area is 121 Å². The standard InChI is InChI=1S/C12H16F2N4O2S/c1-3-15-11-12(18-7-5-4-6-10(18)16-11)21(19,20)17(2)8-9(13)14/h4-7,9,15H,3,8H2,1-2H3. The number of halogens is 2. The lowest BCUT2D eigenvalue weighted by atomic mass is 10.5. The smallest absolute Gasteiger partial charge is 0.262 e. The lowest BCUT2D eigenvalue weighted by molar-refractivity contribution is 0.126. The summed E-state index contributed by atoms with van der Waals surface area (Å²) < 4.78 is 52.0. The van der Waals surface area contributed by atoms with Gasteiger partial charge < -0.3 is 5.32 Å². The molecular formula is C12H16F2N4O2S. The first-order valence-electron chi connectivity index (χ1n) is 6.33. The fraction of sp³-hybridized carbons (Fsp3) is 0.417. The van der Waals surface area contributed by atoms with Crippen LogP contribution < -0.4 is 5.32 Å². The molecule has 21 heavy (non-hydrogen) atoms. The number of fused-ring (bicyclic) bond motifs is 1. The largest absolute Gasteiger partial charge is 0.368 e. The van der Waals surface area contributed by atoms with Gasteiger partial charge in [0.25, 0.3) is 16.4 Å². The van der Waals surface area contributed by atoms with Crippen molar-refractivity contribution < 1.29 is 17.2 Å². The Morgan fingerprint density at radius 2 is 2.14 bits per heavy atom. The predicted molar refractivity (Wildman–Crippen MR) is 75.2 cm³/mol. The fourth-order valence-electron chi connectivity index (χ4n) is 1.94. The average Bonchev–Trinajstić information content (AvgIpc) is 2.76. The lowest BCUT2D eigenvalue weighted by Crippen LogP contribution is -2.32. The van der Waals surface area contributed by atoms with Crippen LogP contribution in [0.2, 0.25) is 0 Å². The maximum absolute atomic E-state index is 12.5. The Morgan fingerprint density at radius 3 is 2.76 bits per heavy atom. The molecule has 0 atom stereocenters. The molecule has 0 unspecified atom stereocenters. The number of alkyl halides is 2. The van der Waals surface area contributed by atoms with Gasteiger partial charge in [-0.25, -0.2) is 22.2 Å². The summed E-state index contributed by atoms with van der Waals surface area (Å²) in [6, 6.07) is 5.01. The Hall–Kier alpha value is -1.74. The molecule has 0 aliphatic heterocycles. The molecule has 0 saturated heterocycles. The van der Waals surface area contributed by atoms with Crippen molar-refractivity contribution in [1.29, 1.82) is 0 Å². The molecule has 116 valence electrons. The fourth-order valence-corrected chi connectivity index (χ4v) is 3.31. The van der Waals surface area contributed by atoms with E-state index in [2.05, 4.69) is 10.3 Å². The third-order valence-electron chi connectivity index (χ3n) is 2.88. The highest BCUT2D eigenvalue weighted by molar-refractivity contribution is 7.89. The maximum Gasteiger partial charge on any atom is 0.262 e. The molecule has 2 aromatic rings. The molecule has 0 fully saturated rings. The van der Waals surface area contributed by atoms with E-state index in [1.54, 1.807) is 25.1 Å². The minimum absolute atomic E-state index is 0.136. The number of pyridine rings is 1. The molecule has 0 amide bonds. The van der Waals surface area contributed by atoms with Gasteiger partial charge in [-0.2, -0.15) is 4.31 Å². The molecule has 1 N–H and O–H groups in total. The summed E-state index contributed by atoms with van der Waals surface area (Å²) in [4.78, 5) is 4.19. The molecule has 6 nitrogen and oxygen atoms in total. The second kappa shape index (κ2) is 5.94. The monoisotopic (exact) mass is 318 g/mol. The van der Waals surface area contributed by atoms with Crippen LogP contribution in [0.3, 0.4) is 0 Å². The van der Waals surface area contributed by atoms with E-state index in [0.29, 0.717) is 16.5 Å². The van der Waals surface area contributed by atoms with Crippen molar-refractivity contribution in [2.45, 2.75) is 18.4 Å². The van der Waals surface area contributed by atoms with Crippen LogP contribution in [-0.2, 0) is 10.0 Å². The van der Waals surface area contributed by atoms with E-state index < -0.39 is 23.0 Å². The number of nitrogens with one attached hydrogen (secondary N) is 1. The van der Waals surface area contributed by atoms with Gasteiger partial charge in [0.2, 0.25) is 0 Å². The third kappa shape index (κ3) is 2.98. The minimum atomic E-state index is -4.08. The quantitative estimate of drug-likeness (QED) is 0.879. The van der Waals surface area contributed by atoms with Crippen LogP contribution in [0.15, 0.2) is 29.4 Å². The van der Waals surface area contributed by atoms with E-state index in [4.69, 9.17) is 0 Å². The predicted octanol–water partition coefficient (Wildman–Crippen LogP) is 1.65. The summed E-state index contributed by atoms with van der Waals surface area (Å²) in [5, 5.41) is 2.72. The summed E-state index contributed by atoms with van der Waals surface area (Å²) in [7, 11) is -2.95. The van der Waals surface area contributed by atoms with Gasteiger partial charge in [0.1, 0.15) is 5.65 Å². The first kappa shape index (κ1) is 15.6. The molecule has 2 rings (SSSR count). The number of aromatic nitrogens is 2. The number of anilines is 1. The Kier molecular flexibility index (Phi) is 4.43. The minimum Gasteiger partial charge on any atom is -0.368 e. The molecule has 0 aliphatic rings. The van der Waals surface area contributed by atoms with Crippen LogP contribution in [-0.4, -0.2) is 48.7 Å². The van der Waals surface area contributed by atoms with Gasteiger partial charge in [0.15, 0.2) is 10.8 Å². The van der Waals surface area contributed by atoms with Crippen molar-refractivity contribution >= 4 is 21.5 Å². The number of hydrogen-bond acceptors (Lipinski definition) is 4. The highest BCUT2D eigenvalue weighted by Gasteiger charge is 2.30. The number of imidazole rings is 1. The van der Waals surface area contributed by atoms with Gasteiger partial charge in [-0.1, -0.05) is 6.07 Å². The average molecular weight is 318 g/mol. The van der Waals surface area contributed by atoms with Crippen molar-refractivity contribution in [3.8, 4) is 0 Å². The van der Waals surface area contributed by atoms with E-state index in [9.17, 15) is 17.2 Å². The summed E-state index contributed by atoms with van der Waals surface area (Å²) in [6.07, 6.45) is -1.21. The second-order valence-electron chi connectivity index (χ2n) is 4.40. The van der Waals surface area contributed by atoms with Crippen molar-refractivity contribution in [1.82, 2.24) is 13.7 Å². The second-order valence-corrected chi connectivity index (χ2v) is 6.36. The van der Waals surface area contributed by atoms with Crippen LogP contribution in [0.4, 0.5) is 14.6 Å². The number of nitrogens with zero attached hydrogens (tertiary/aromatic N) is 3. The van der Waals surface area contributed by atoms with Crippen LogP contribution >= 0.6 is 0 Å². The maximum atomic E-state index is 12.5. The van der Waals surface area contributed by atoms with Crippen molar-refractivity contribution in [3.63, 3.8) is 0 Å². The summed E-state index contributed by atoms with van der Waals surface area (Å²) in [5.41, 5.74) is 0.428. The molecule has 0 radical (unpaired) electrons. The normalized spacial score (nSPS) is 12.5. The zero-order valence-corrected chi connectivity index (χ0v) is 12.4. The molecule has 0 aromatic carbocycles. The summed E-state index contributed by atoms with van der Waals surface area (Å²) in [5.74, 6) is 0.157. The van der Waals surface area contributed by atoms with Gasteiger partial charge in [0.05, 0.1) is 6.54 Å². The van der Waals surface area contributed by atoms with E-state index in [0.717, 1.165) is 7.05 Å². The highest BCUT2D eigenvalue weighted by Crippen LogP contribution is 2.25. The summed E-state index contributed by atoms with van der Waals surface area (Å²) in [6.45, 7) is 1.39. The highest BCUT2D eigenvalue weighted by atomic mass is 32.2. The Morgan fingerprint density at radius 1 is 1.43 bits per heavy atom. The zero-order chi connectivity index (χ0) is 15.6. The molecule has 2 heterocycles. The van der Waals surface area contributed by atoms with Gasteiger partial charge in [-0.15, -0.1) is 0 Å². The molecule has 0 aliphatic carbocycles. The molecule has 2 aromatic heterocycles. The topological polar surface area (TPSA) is 66.7 Å². The first-order chi connectivity index (χ1) is 9.87. The van der Waals surface area contributed by atoms with E-state index in [-0.39, 0.29) is 10.8 Å². The number of hydrogen-bond donors (Lipinski definition) is 1. The molecule has 0 saturated carbocycles. The van der Waals surface area contributed by atoms with E-state index in [1.807, 2.05) is 0 Å². The van der Waals surface area contributed by atoms with Crippen LogP contribution in [0, 0.1) is 0 Å². The van der Waals surface area contributed by atoms with Crippen LogP contribution in [0.5, 0.6) is 0 Å². The van der Waals surface area contributed by atoms with Gasteiger partial charge >= 0.3 is 0 Å². The van der Waals surface area contributed by atoms with Crippen molar-refractivity contribution in [3.05, 3.63) is 24.4 Å². The lowest BCUT2D eigenvalue weighted by Gasteiger charge is -2.17. The van der Waals surface area contributed by atoms with E-state index >= 15 is 0 Å². The molecule has 0 bridgehead atoms. The molecule has 0 spiro atoms. The first-order valence-corrected chi connectivity index (χ1v) is 7.77. The number of rotatable bonds is 6. The van der Waals surface area contributed by atoms with Crippen molar-refractivity contribution in [2.75, 3.05) is 25.5 Å². The summed E-state index contributed by atoms with van der Waals surface area (Å²) >= 11 is 0. The SMILES string of the molecule is CCNc1nc2ccccn2c1S(=O)(=O)N(C)CC(F)F. The van der Waals surface area contributed by atoms with Crippen LogP contribution in [0.25, 0.3) is 5.65 Å². The van der Waals surface area contributed by atoms with Crippen LogP contribution in [0.1, 0.15) is 6.92 Å². The van der Waals surface area contributed by atoms with E-state index in [1.165, 1.54) is 10.6 Å². The zero-order valence-electron chi connectivity index (χ0n) is 11.6. The Bertz CT molecular complexity index is 730. The van der Waals surface area contributed by atoms with Gasteiger partial charge in [-0.3, -0.25) is 4.40 Å².